The summed E-state index contributed by atoms with van der Waals surface area (Å²) in [6.07, 6.45) is 1.95. The molecule has 19 heavy (non-hydrogen) atoms. The van der Waals surface area contributed by atoms with Crippen molar-refractivity contribution < 1.29 is 8.42 Å². The van der Waals surface area contributed by atoms with Crippen LogP contribution >= 0.6 is 11.8 Å². The van der Waals surface area contributed by atoms with Crippen LogP contribution in [0.25, 0.3) is 0 Å². The van der Waals surface area contributed by atoms with Gasteiger partial charge in [0.1, 0.15) is 0 Å². The molecule has 1 aromatic rings. The fourth-order valence-electron chi connectivity index (χ4n) is 2.31. The lowest BCUT2D eigenvalue weighted by Crippen LogP contribution is -2.36. The van der Waals surface area contributed by atoms with Crippen molar-refractivity contribution in [2.45, 2.75) is 30.7 Å². The molecule has 0 radical (unpaired) electrons. The molecule has 2 N–H and O–H groups in total. The highest BCUT2D eigenvalue weighted by molar-refractivity contribution is 8.00. The van der Waals surface area contributed by atoms with Crippen LogP contribution in [0.15, 0.2) is 29.2 Å². The molecular formula is C13H20N2O2S2. The van der Waals surface area contributed by atoms with Gasteiger partial charge in [0.15, 0.2) is 0 Å². The normalized spacial score (nSPS) is 20.8. The summed E-state index contributed by atoms with van der Waals surface area (Å²) in [5, 5.41) is 0. The zero-order chi connectivity index (χ0) is 13.9. The number of rotatable bonds is 5. The molecule has 6 heteroatoms. The van der Waals surface area contributed by atoms with E-state index < -0.39 is 10.0 Å². The number of hydrogen-bond acceptors (Lipinski definition) is 4. The molecule has 0 saturated carbocycles. The second kappa shape index (κ2) is 6.15. The number of nitrogens with zero attached hydrogens (tertiary/aromatic N) is 1. The van der Waals surface area contributed by atoms with Gasteiger partial charge >= 0.3 is 0 Å². The highest BCUT2D eigenvalue weighted by atomic mass is 32.2. The molecule has 0 aromatic heterocycles. The maximum absolute atomic E-state index is 12.2. The fraction of sp³-hybridized carbons (Fsp3) is 0.538. The number of sulfonamides is 1. The zero-order valence-corrected chi connectivity index (χ0v) is 12.7. The van der Waals surface area contributed by atoms with E-state index in [9.17, 15) is 8.42 Å². The monoisotopic (exact) mass is 300 g/mol. The summed E-state index contributed by atoms with van der Waals surface area (Å²) in [7, 11) is -3.11. The van der Waals surface area contributed by atoms with Gasteiger partial charge in [0.05, 0.1) is 5.75 Å². The van der Waals surface area contributed by atoms with Crippen LogP contribution in [0.5, 0.6) is 0 Å². The van der Waals surface area contributed by atoms with Crippen molar-refractivity contribution in [2.75, 3.05) is 23.8 Å². The minimum Gasteiger partial charge on any atom is -0.399 e. The third-order valence-corrected chi connectivity index (χ3v) is 6.55. The summed E-state index contributed by atoms with van der Waals surface area (Å²) in [6, 6.07) is 7.69. The minimum atomic E-state index is -3.11. The van der Waals surface area contributed by atoms with E-state index >= 15 is 0 Å². The SMILES string of the molecule is CC1CCCN1S(=O)(=O)CCSc1cccc(N)c1. The van der Waals surface area contributed by atoms with E-state index in [1.807, 2.05) is 31.2 Å². The highest BCUT2D eigenvalue weighted by Crippen LogP contribution is 2.24. The Morgan fingerprint density at radius 2 is 2.26 bits per heavy atom. The van der Waals surface area contributed by atoms with Gasteiger partial charge in [-0.1, -0.05) is 6.07 Å². The number of anilines is 1. The van der Waals surface area contributed by atoms with Crippen LogP contribution in [0.2, 0.25) is 0 Å². The summed E-state index contributed by atoms with van der Waals surface area (Å²) < 4.78 is 26.0. The Labute approximate surface area is 119 Å². The molecule has 1 aliphatic rings. The Kier molecular flexibility index (Phi) is 4.76. The summed E-state index contributed by atoms with van der Waals surface area (Å²) in [5.41, 5.74) is 6.40. The summed E-state index contributed by atoms with van der Waals surface area (Å²) in [5.74, 6) is 0.756. The molecule has 106 valence electrons. The van der Waals surface area contributed by atoms with Crippen molar-refractivity contribution in [1.29, 1.82) is 0 Å². The van der Waals surface area contributed by atoms with Crippen molar-refractivity contribution in [3.05, 3.63) is 24.3 Å². The van der Waals surface area contributed by atoms with Gasteiger partial charge in [-0.05, 0) is 38.0 Å². The first-order chi connectivity index (χ1) is 8.99. The van der Waals surface area contributed by atoms with Gasteiger partial charge in [-0.15, -0.1) is 11.8 Å². The van der Waals surface area contributed by atoms with Crippen LogP contribution in [-0.4, -0.2) is 36.8 Å². The molecule has 1 heterocycles. The van der Waals surface area contributed by atoms with E-state index in [0.29, 0.717) is 18.0 Å². The Bertz CT molecular complexity index is 531. The van der Waals surface area contributed by atoms with E-state index in [1.54, 1.807) is 4.31 Å². The maximum atomic E-state index is 12.2. The molecule has 1 aliphatic heterocycles. The van der Waals surface area contributed by atoms with Crippen molar-refractivity contribution in [2.24, 2.45) is 0 Å². The quantitative estimate of drug-likeness (QED) is 0.668. The molecule has 1 fully saturated rings. The summed E-state index contributed by atoms with van der Waals surface area (Å²) in [4.78, 5) is 1.02. The van der Waals surface area contributed by atoms with Crippen LogP contribution in [-0.2, 0) is 10.0 Å². The van der Waals surface area contributed by atoms with Gasteiger partial charge in [-0.2, -0.15) is 4.31 Å². The van der Waals surface area contributed by atoms with Crippen molar-refractivity contribution in [3.63, 3.8) is 0 Å². The first-order valence-corrected chi connectivity index (χ1v) is 9.06. The van der Waals surface area contributed by atoms with Gasteiger partial charge in [-0.3, -0.25) is 0 Å². The Morgan fingerprint density at radius 1 is 1.47 bits per heavy atom. The maximum Gasteiger partial charge on any atom is 0.215 e. The van der Waals surface area contributed by atoms with Crippen molar-refractivity contribution in [3.8, 4) is 0 Å². The predicted octanol–water partition coefficient (Wildman–Crippen LogP) is 2.18. The number of thioether (sulfide) groups is 1. The number of nitrogens with two attached hydrogens (primary N) is 1. The Morgan fingerprint density at radius 3 is 2.89 bits per heavy atom. The van der Waals surface area contributed by atoms with Gasteiger partial charge in [0.2, 0.25) is 10.0 Å². The molecule has 1 saturated heterocycles. The van der Waals surface area contributed by atoms with Gasteiger partial charge in [-0.25, -0.2) is 8.42 Å². The molecule has 1 atom stereocenters. The van der Waals surface area contributed by atoms with Crippen LogP contribution in [0.3, 0.4) is 0 Å². The summed E-state index contributed by atoms with van der Waals surface area (Å²) in [6.45, 7) is 2.65. The smallest absolute Gasteiger partial charge is 0.215 e. The Hall–Kier alpha value is -0.720. The molecular weight excluding hydrogens is 280 g/mol. The second-order valence-corrected chi connectivity index (χ2v) is 8.05. The van der Waals surface area contributed by atoms with Gasteiger partial charge in [0, 0.05) is 28.9 Å². The number of nitrogen functional groups attached to an aromatic ring is 1. The molecule has 4 nitrogen and oxygen atoms in total. The van der Waals surface area contributed by atoms with E-state index in [1.165, 1.54) is 11.8 Å². The lowest BCUT2D eigenvalue weighted by Gasteiger charge is -2.20. The first kappa shape index (κ1) is 14.7. The van der Waals surface area contributed by atoms with Crippen LogP contribution in [0.4, 0.5) is 5.69 Å². The fourth-order valence-corrected chi connectivity index (χ4v) is 5.41. The standard InChI is InChI=1S/C13H20N2O2S2/c1-11-4-3-7-15(11)19(16,17)9-8-18-13-6-2-5-12(14)10-13/h2,5-6,10-11H,3-4,7-9,14H2,1H3. The number of benzene rings is 1. The van der Waals surface area contributed by atoms with Gasteiger partial charge < -0.3 is 5.73 Å². The Balaban J connectivity index is 1.88. The van der Waals surface area contributed by atoms with Crippen LogP contribution in [0, 0.1) is 0 Å². The van der Waals surface area contributed by atoms with Crippen molar-refractivity contribution >= 4 is 27.5 Å². The van der Waals surface area contributed by atoms with Crippen LogP contribution < -0.4 is 5.73 Å². The summed E-state index contributed by atoms with van der Waals surface area (Å²) >= 11 is 1.54. The predicted molar refractivity (Wildman–Crippen MR) is 80.8 cm³/mol. The topological polar surface area (TPSA) is 63.4 Å². The lowest BCUT2D eigenvalue weighted by molar-refractivity contribution is 0.409. The van der Waals surface area contributed by atoms with E-state index in [-0.39, 0.29) is 11.8 Å². The molecule has 1 aromatic carbocycles. The van der Waals surface area contributed by atoms with Gasteiger partial charge in [0.25, 0.3) is 0 Å². The lowest BCUT2D eigenvalue weighted by atomic mass is 10.3. The molecule has 0 aliphatic carbocycles. The molecule has 0 amide bonds. The first-order valence-electron chi connectivity index (χ1n) is 6.47. The van der Waals surface area contributed by atoms with E-state index in [4.69, 9.17) is 5.73 Å². The van der Waals surface area contributed by atoms with Crippen LogP contribution in [0.1, 0.15) is 19.8 Å². The second-order valence-electron chi connectivity index (χ2n) is 4.84. The highest BCUT2D eigenvalue weighted by Gasteiger charge is 2.30. The van der Waals surface area contributed by atoms with Crippen molar-refractivity contribution in [1.82, 2.24) is 4.31 Å². The average Bonchev–Trinajstić information content (AvgIpc) is 2.76. The molecule has 0 bridgehead atoms. The number of hydrogen-bond donors (Lipinski definition) is 1. The third-order valence-electron chi connectivity index (χ3n) is 3.32. The molecule has 1 unspecified atom stereocenters. The minimum absolute atomic E-state index is 0.155. The average molecular weight is 300 g/mol. The molecule has 2 rings (SSSR count). The molecule has 0 spiro atoms. The third kappa shape index (κ3) is 3.87. The zero-order valence-electron chi connectivity index (χ0n) is 11.1. The largest absolute Gasteiger partial charge is 0.399 e. The van der Waals surface area contributed by atoms with E-state index in [0.717, 1.165) is 17.7 Å². The van der Waals surface area contributed by atoms with E-state index in [2.05, 4.69) is 0 Å².